The topological polar surface area (TPSA) is 39.2 Å². The van der Waals surface area contributed by atoms with Crippen molar-refractivity contribution in [2.75, 3.05) is 6.61 Å². The van der Waals surface area contributed by atoms with Gasteiger partial charge in [-0.25, -0.2) is 4.98 Å². The molecule has 0 aliphatic carbocycles. The Morgan fingerprint density at radius 2 is 2.50 bits per heavy atom. The van der Waals surface area contributed by atoms with Crippen LogP contribution in [0.2, 0.25) is 5.15 Å². The Labute approximate surface area is 99.8 Å². The molecule has 1 aliphatic rings. The van der Waals surface area contributed by atoms with Gasteiger partial charge in [-0.3, -0.25) is 4.79 Å². The maximum Gasteiger partial charge on any atom is 0.163 e. The number of ether oxygens (including phenoxy) is 1. The van der Waals surface area contributed by atoms with Crippen LogP contribution in [0.1, 0.15) is 36.0 Å². The molecule has 1 aromatic rings. The summed E-state index contributed by atoms with van der Waals surface area (Å²) in [7, 11) is 0. The van der Waals surface area contributed by atoms with Gasteiger partial charge in [-0.1, -0.05) is 11.6 Å². The van der Waals surface area contributed by atoms with E-state index in [1.807, 2.05) is 0 Å². The van der Waals surface area contributed by atoms with Crippen LogP contribution in [-0.4, -0.2) is 23.5 Å². The highest BCUT2D eigenvalue weighted by molar-refractivity contribution is 6.29. The number of aromatic nitrogens is 1. The number of carbonyl (C=O) groups excluding carboxylic acids is 1. The Balaban J connectivity index is 1.87. The van der Waals surface area contributed by atoms with Crippen LogP contribution in [-0.2, 0) is 4.74 Å². The van der Waals surface area contributed by atoms with Crippen LogP contribution in [0.15, 0.2) is 18.3 Å². The number of carbonyl (C=O) groups is 1. The summed E-state index contributed by atoms with van der Waals surface area (Å²) in [5.41, 5.74) is 0.637. The lowest BCUT2D eigenvalue weighted by Crippen LogP contribution is -2.08. The lowest BCUT2D eigenvalue weighted by atomic mass is 10.0. The van der Waals surface area contributed by atoms with Crippen molar-refractivity contribution in [2.45, 2.75) is 31.8 Å². The molecule has 1 saturated heterocycles. The number of hydrogen-bond donors (Lipinski definition) is 0. The number of rotatable bonds is 4. The Morgan fingerprint density at radius 3 is 3.19 bits per heavy atom. The molecular formula is C12H14ClNO2. The van der Waals surface area contributed by atoms with Gasteiger partial charge in [0.2, 0.25) is 0 Å². The highest BCUT2D eigenvalue weighted by Gasteiger charge is 2.17. The summed E-state index contributed by atoms with van der Waals surface area (Å²) in [5, 5.41) is 0.364. The molecule has 0 aromatic carbocycles. The first-order valence-corrected chi connectivity index (χ1v) is 5.90. The largest absolute Gasteiger partial charge is 0.378 e. The van der Waals surface area contributed by atoms with Gasteiger partial charge in [0.15, 0.2) is 5.78 Å². The molecule has 1 fully saturated rings. The molecule has 16 heavy (non-hydrogen) atoms. The third kappa shape index (κ3) is 3.03. The van der Waals surface area contributed by atoms with E-state index >= 15 is 0 Å². The molecule has 0 bridgehead atoms. The zero-order valence-corrected chi connectivity index (χ0v) is 9.74. The van der Waals surface area contributed by atoms with E-state index in [1.165, 1.54) is 0 Å². The molecule has 86 valence electrons. The predicted octanol–water partition coefficient (Wildman–Crippen LogP) is 2.88. The predicted molar refractivity (Wildman–Crippen MR) is 61.8 cm³/mol. The van der Waals surface area contributed by atoms with Gasteiger partial charge in [0, 0.05) is 24.8 Å². The minimum Gasteiger partial charge on any atom is -0.378 e. The second kappa shape index (κ2) is 5.41. The van der Waals surface area contributed by atoms with Crippen molar-refractivity contribution in [2.24, 2.45) is 0 Å². The van der Waals surface area contributed by atoms with Crippen molar-refractivity contribution in [3.63, 3.8) is 0 Å². The first kappa shape index (κ1) is 11.6. The van der Waals surface area contributed by atoms with Crippen molar-refractivity contribution in [3.8, 4) is 0 Å². The molecule has 0 saturated carbocycles. The fourth-order valence-electron chi connectivity index (χ4n) is 1.88. The zero-order chi connectivity index (χ0) is 11.4. The lowest BCUT2D eigenvalue weighted by Gasteiger charge is -2.07. The lowest BCUT2D eigenvalue weighted by molar-refractivity contribution is 0.0859. The third-order valence-electron chi connectivity index (χ3n) is 2.77. The highest BCUT2D eigenvalue weighted by Crippen LogP contribution is 2.18. The molecule has 0 radical (unpaired) electrons. The van der Waals surface area contributed by atoms with Gasteiger partial charge < -0.3 is 4.74 Å². The Morgan fingerprint density at radius 1 is 1.62 bits per heavy atom. The second-order valence-electron chi connectivity index (χ2n) is 3.96. The molecule has 0 amide bonds. The van der Waals surface area contributed by atoms with E-state index in [4.69, 9.17) is 16.3 Å². The average molecular weight is 240 g/mol. The van der Waals surface area contributed by atoms with Crippen molar-refractivity contribution in [1.82, 2.24) is 4.98 Å². The smallest absolute Gasteiger partial charge is 0.163 e. The third-order valence-corrected chi connectivity index (χ3v) is 2.97. The van der Waals surface area contributed by atoms with Gasteiger partial charge >= 0.3 is 0 Å². The molecule has 1 unspecified atom stereocenters. The molecule has 2 rings (SSSR count). The van der Waals surface area contributed by atoms with Crippen LogP contribution in [0.25, 0.3) is 0 Å². The van der Waals surface area contributed by atoms with Crippen LogP contribution in [0.4, 0.5) is 0 Å². The minimum absolute atomic E-state index is 0.111. The molecule has 0 N–H and O–H groups in total. The van der Waals surface area contributed by atoms with Crippen molar-refractivity contribution < 1.29 is 9.53 Å². The van der Waals surface area contributed by atoms with Crippen LogP contribution < -0.4 is 0 Å². The van der Waals surface area contributed by atoms with Gasteiger partial charge in [0.05, 0.1) is 6.10 Å². The van der Waals surface area contributed by atoms with E-state index in [-0.39, 0.29) is 11.9 Å². The summed E-state index contributed by atoms with van der Waals surface area (Å²) < 4.78 is 5.47. The average Bonchev–Trinajstić information content (AvgIpc) is 2.78. The monoisotopic (exact) mass is 239 g/mol. The number of hydrogen-bond acceptors (Lipinski definition) is 3. The van der Waals surface area contributed by atoms with E-state index in [2.05, 4.69) is 4.98 Å². The highest BCUT2D eigenvalue weighted by atomic mass is 35.5. The summed E-state index contributed by atoms with van der Waals surface area (Å²) in [6.07, 6.45) is 5.33. The van der Waals surface area contributed by atoms with E-state index in [0.29, 0.717) is 17.1 Å². The summed E-state index contributed by atoms with van der Waals surface area (Å²) in [6, 6.07) is 3.31. The summed E-state index contributed by atoms with van der Waals surface area (Å²) in [4.78, 5) is 15.7. The Kier molecular flexibility index (Phi) is 3.91. The minimum atomic E-state index is 0.111. The Bertz CT molecular complexity index is 375. The molecule has 0 spiro atoms. The van der Waals surface area contributed by atoms with E-state index in [9.17, 15) is 4.79 Å². The molecule has 2 heterocycles. The van der Waals surface area contributed by atoms with Gasteiger partial charge in [0.25, 0.3) is 0 Å². The molecular weight excluding hydrogens is 226 g/mol. The van der Waals surface area contributed by atoms with Gasteiger partial charge in [0.1, 0.15) is 5.15 Å². The maximum atomic E-state index is 11.8. The van der Waals surface area contributed by atoms with Crippen LogP contribution in [0, 0.1) is 0 Å². The van der Waals surface area contributed by atoms with Gasteiger partial charge in [-0.15, -0.1) is 0 Å². The van der Waals surface area contributed by atoms with Crippen molar-refractivity contribution >= 4 is 17.4 Å². The quantitative estimate of drug-likeness (QED) is 0.599. The number of pyridine rings is 1. The first-order chi connectivity index (χ1) is 7.75. The van der Waals surface area contributed by atoms with E-state index < -0.39 is 0 Å². The van der Waals surface area contributed by atoms with Crippen LogP contribution in [0.5, 0.6) is 0 Å². The summed E-state index contributed by atoms with van der Waals surface area (Å²) in [6.45, 7) is 0.833. The number of Topliss-reactive ketones (excluding diaryl/α,β-unsaturated/α-hetero) is 1. The normalized spacial score (nSPS) is 19.9. The zero-order valence-electron chi connectivity index (χ0n) is 8.99. The van der Waals surface area contributed by atoms with E-state index in [0.717, 1.165) is 25.9 Å². The second-order valence-corrected chi connectivity index (χ2v) is 4.35. The van der Waals surface area contributed by atoms with Gasteiger partial charge in [-0.2, -0.15) is 0 Å². The van der Waals surface area contributed by atoms with Crippen LogP contribution >= 0.6 is 11.6 Å². The summed E-state index contributed by atoms with van der Waals surface area (Å²) >= 11 is 5.73. The molecule has 4 heteroatoms. The number of halogens is 1. The van der Waals surface area contributed by atoms with Crippen molar-refractivity contribution in [3.05, 3.63) is 29.0 Å². The fraction of sp³-hybridized carbons (Fsp3) is 0.500. The fourth-order valence-corrected chi connectivity index (χ4v) is 2.06. The number of nitrogens with zero attached hydrogens (tertiary/aromatic N) is 1. The molecule has 1 atom stereocenters. The maximum absolute atomic E-state index is 11.8. The molecule has 1 aliphatic heterocycles. The SMILES string of the molecule is O=C(CCC1CCCO1)c1ccnc(Cl)c1. The van der Waals surface area contributed by atoms with Gasteiger partial charge in [-0.05, 0) is 31.4 Å². The standard InChI is InChI=1S/C12H14ClNO2/c13-12-8-9(5-6-14-12)11(15)4-3-10-2-1-7-16-10/h5-6,8,10H,1-4,7H2. The molecule has 3 nitrogen and oxygen atoms in total. The van der Waals surface area contributed by atoms with Crippen molar-refractivity contribution in [1.29, 1.82) is 0 Å². The molecule has 1 aromatic heterocycles. The summed E-state index contributed by atoms with van der Waals surface area (Å²) in [5.74, 6) is 0.111. The Hall–Kier alpha value is -0.930. The van der Waals surface area contributed by atoms with Crippen LogP contribution in [0.3, 0.4) is 0 Å². The van der Waals surface area contributed by atoms with E-state index in [1.54, 1.807) is 18.3 Å². The first-order valence-electron chi connectivity index (χ1n) is 5.52. The number of ketones is 1.